The minimum atomic E-state index is -0.656. The monoisotopic (exact) mass is 381 g/mol. The fourth-order valence-corrected chi connectivity index (χ4v) is 4.20. The average molecular weight is 381 g/mol. The number of piperidine rings is 1. The third kappa shape index (κ3) is 3.26. The van der Waals surface area contributed by atoms with Gasteiger partial charge < -0.3 is 15.7 Å². The molecule has 0 amide bonds. The highest BCUT2D eigenvalue weighted by atomic mass is 16.4. The number of nitrogens with two attached hydrogens (primary N) is 1. The van der Waals surface area contributed by atoms with Gasteiger partial charge >= 0.3 is 5.97 Å². The molecule has 0 bridgehead atoms. The molecule has 2 aliphatic rings. The van der Waals surface area contributed by atoms with Gasteiger partial charge in [-0.25, -0.2) is 10.1 Å². The third-order valence-electron chi connectivity index (χ3n) is 6.01. The van der Waals surface area contributed by atoms with Crippen LogP contribution in [0, 0.1) is 18.3 Å². The lowest BCUT2D eigenvalue weighted by molar-refractivity contribution is -0.139. The topological polar surface area (TPSA) is 125 Å². The lowest BCUT2D eigenvalue weighted by Gasteiger charge is -2.34. The van der Waals surface area contributed by atoms with Crippen molar-refractivity contribution < 1.29 is 9.90 Å². The first kappa shape index (κ1) is 18.2. The van der Waals surface area contributed by atoms with Crippen LogP contribution in [0.4, 0.5) is 11.4 Å². The number of aromatic nitrogens is 2. The summed E-state index contributed by atoms with van der Waals surface area (Å²) >= 11 is 0. The van der Waals surface area contributed by atoms with Crippen LogP contribution in [-0.2, 0) is 4.79 Å². The Morgan fingerprint density at radius 1 is 1.32 bits per heavy atom. The normalized spacial score (nSPS) is 21.0. The van der Waals surface area contributed by atoms with Crippen LogP contribution in [0.2, 0.25) is 0 Å². The molecule has 4 rings (SSSR count). The number of nitrogens with zero attached hydrogens (tertiary/aromatic N) is 3. The molecule has 1 saturated heterocycles. The number of H-pyrrole nitrogens is 1. The molecule has 8 heteroatoms. The molecule has 1 aromatic carbocycles. The zero-order chi connectivity index (χ0) is 19.9. The quantitative estimate of drug-likeness (QED) is 0.548. The first-order valence-corrected chi connectivity index (χ1v) is 9.36. The summed E-state index contributed by atoms with van der Waals surface area (Å²) in [6.07, 6.45) is 4.19. The van der Waals surface area contributed by atoms with Crippen molar-refractivity contribution in [3.05, 3.63) is 51.9 Å². The summed E-state index contributed by atoms with van der Waals surface area (Å²) in [6.45, 7) is 3.49. The zero-order valence-electron chi connectivity index (χ0n) is 15.7. The van der Waals surface area contributed by atoms with E-state index in [0.29, 0.717) is 16.8 Å². The Balaban J connectivity index is 1.45. The van der Waals surface area contributed by atoms with Crippen LogP contribution >= 0.6 is 0 Å². The molecule has 1 atom stereocenters. The van der Waals surface area contributed by atoms with Crippen molar-refractivity contribution in [2.24, 2.45) is 22.1 Å². The van der Waals surface area contributed by atoms with Crippen LogP contribution in [0.25, 0.3) is 0 Å². The Kier molecular flexibility index (Phi) is 4.41. The van der Waals surface area contributed by atoms with E-state index in [1.54, 1.807) is 13.1 Å². The third-order valence-corrected chi connectivity index (χ3v) is 6.01. The molecule has 2 aromatic rings. The first-order chi connectivity index (χ1) is 13.4. The number of nitrogens with one attached hydrogen (secondary N) is 1. The van der Waals surface area contributed by atoms with Crippen molar-refractivity contribution in [1.29, 1.82) is 0 Å². The van der Waals surface area contributed by atoms with Gasteiger partial charge in [0.05, 0.1) is 23.4 Å². The molecular weight excluding hydrogens is 358 g/mol. The smallest absolute Gasteiger partial charge is 0.307 e. The number of benzene rings is 1. The number of aliphatic imine (C=N–C) groups is 1. The second kappa shape index (κ2) is 6.78. The number of hydrogen-bond donors (Lipinski definition) is 3. The van der Waals surface area contributed by atoms with Gasteiger partial charge in [0, 0.05) is 18.8 Å². The molecule has 8 nitrogen and oxygen atoms in total. The van der Waals surface area contributed by atoms with Crippen molar-refractivity contribution >= 4 is 23.2 Å². The number of aromatic amines is 1. The number of hydrogen-bond acceptors (Lipinski definition) is 5. The number of carboxylic acids is 1. The second-order valence-electron chi connectivity index (χ2n) is 7.71. The summed E-state index contributed by atoms with van der Waals surface area (Å²) in [5.74, 6) is -0.659. The van der Waals surface area contributed by atoms with Crippen LogP contribution in [0.3, 0.4) is 0 Å². The Morgan fingerprint density at radius 3 is 2.57 bits per heavy atom. The van der Waals surface area contributed by atoms with Gasteiger partial charge in [-0.2, -0.15) is 5.10 Å². The van der Waals surface area contributed by atoms with E-state index in [0.717, 1.165) is 38.0 Å². The van der Waals surface area contributed by atoms with E-state index >= 15 is 0 Å². The SMILES string of the molecule is Cc1cn[nH]c(=O)c1C(N)=Nc1ccc(N2CCC3(CC2)CC3C(=O)O)cc1. The number of carbonyl (C=O) groups is 1. The van der Waals surface area contributed by atoms with E-state index in [1.807, 2.05) is 24.3 Å². The summed E-state index contributed by atoms with van der Waals surface area (Å²) < 4.78 is 0. The van der Waals surface area contributed by atoms with Crippen LogP contribution in [0.15, 0.2) is 40.2 Å². The van der Waals surface area contributed by atoms with Gasteiger partial charge in [-0.3, -0.25) is 9.59 Å². The zero-order valence-corrected chi connectivity index (χ0v) is 15.7. The highest BCUT2D eigenvalue weighted by Crippen LogP contribution is 2.59. The van der Waals surface area contributed by atoms with E-state index in [-0.39, 0.29) is 22.7 Å². The molecule has 4 N–H and O–H groups in total. The van der Waals surface area contributed by atoms with Crippen molar-refractivity contribution in [2.45, 2.75) is 26.2 Å². The molecule has 146 valence electrons. The molecule has 1 aliphatic heterocycles. The number of rotatable bonds is 4. The van der Waals surface area contributed by atoms with Crippen molar-refractivity contribution in [3.63, 3.8) is 0 Å². The molecule has 1 spiro atoms. The van der Waals surface area contributed by atoms with E-state index in [1.165, 1.54) is 0 Å². The standard InChI is InChI=1S/C20H23N5O3/c1-12-11-22-24-18(26)16(12)17(21)23-13-2-4-14(5-3-13)25-8-6-20(7-9-25)10-15(20)19(27)28/h2-5,11,15H,6-10H2,1H3,(H2,21,23)(H,24,26)(H,27,28). The van der Waals surface area contributed by atoms with Crippen molar-refractivity contribution in [3.8, 4) is 0 Å². The van der Waals surface area contributed by atoms with E-state index in [9.17, 15) is 14.7 Å². The Bertz CT molecular complexity index is 988. The van der Waals surface area contributed by atoms with Gasteiger partial charge in [0.15, 0.2) is 0 Å². The minimum absolute atomic E-state index is 0.0243. The molecule has 1 saturated carbocycles. The van der Waals surface area contributed by atoms with Crippen LogP contribution in [0.1, 0.15) is 30.4 Å². The van der Waals surface area contributed by atoms with Crippen LogP contribution in [-0.4, -0.2) is 40.2 Å². The maximum atomic E-state index is 11.9. The van der Waals surface area contributed by atoms with Gasteiger partial charge in [0.2, 0.25) is 0 Å². The van der Waals surface area contributed by atoms with Gasteiger partial charge in [-0.1, -0.05) is 0 Å². The predicted octanol–water partition coefficient (Wildman–Crippen LogP) is 1.81. The van der Waals surface area contributed by atoms with Crippen molar-refractivity contribution in [1.82, 2.24) is 10.2 Å². The fraction of sp³-hybridized carbons (Fsp3) is 0.400. The number of carboxylic acid groups (broad SMARTS) is 1. The molecule has 1 unspecified atom stereocenters. The number of amidine groups is 1. The van der Waals surface area contributed by atoms with E-state index in [4.69, 9.17) is 5.73 Å². The van der Waals surface area contributed by atoms with Gasteiger partial charge in [0.1, 0.15) is 5.84 Å². The second-order valence-corrected chi connectivity index (χ2v) is 7.71. The summed E-state index contributed by atoms with van der Waals surface area (Å²) in [5, 5.41) is 15.3. The maximum absolute atomic E-state index is 11.9. The van der Waals surface area contributed by atoms with Gasteiger partial charge in [0.25, 0.3) is 5.56 Å². The number of aryl methyl sites for hydroxylation is 1. The molecular formula is C20H23N5O3. The molecule has 2 heterocycles. The lowest BCUT2D eigenvalue weighted by atomic mass is 9.90. The Morgan fingerprint density at radius 2 is 2.00 bits per heavy atom. The largest absolute Gasteiger partial charge is 0.481 e. The average Bonchev–Trinajstić information content (AvgIpc) is 3.37. The van der Waals surface area contributed by atoms with E-state index < -0.39 is 5.97 Å². The fourth-order valence-electron chi connectivity index (χ4n) is 4.20. The molecule has 1 aliphatic carbocycles. The Labute approximate surface area is 162 Å². The molecule has 0 radical (unpaired) electrons. The van der Waals surface area contributed by atoms with Crippen LogP contribution in [0.5, 0.6) is 0 Å². The molecule has 2 fully saturated rings. The first-order valence-electron chi connectivity index (χ1n) is 9.36. The summed E-state index contributed by atoms with van der Waals surface area (Å²) in [6, 6.07) is 7.70. The summed E-state index contributed by atoms with van der Waals surface area (Å²) in [4.78, 5) is 29.8. The predicted molar refractivity (Wildman–Crippen MR) is 106 cm³/mol. The van der Waals surface area contributed by atoms with E-state index in [2.05, 4.69) is 20.1 Å². The van der Waals surface area contributed by atoms with Crippen molar-refractivity contribution in [2.75, 3.05) is 18.0 Å². The summed E-state index contributed by atoms with van der Waals surface area (Å²) in [7, 11) is 0. The lowest BCUT2D eigenvalue weighted by Crippen LogP contribution is -2.35. The summed E-state index contributed by atoms with van der Waals surface area (Å²) in [5.41, 5.74) is 8.44. The Hall–Kier alpha value is -3.16. The maximum Gasteiger partial charge on any atom is 0.307 e. The highest BCUT2D eigenvalue weighted by Gasteiger charge is 2.58. The van der Waals surface area contributed by atoms with Crippen LogP contribution < -0.4 is 16.2 Å². The van der Waals surface area contributed by atoms with Gasteiger partial charge in [-0.15, -0.1) is 0 Å². The molecule has 28 heavy (non-hydrogen) atoms. The van der Waals surface area contributed by atoms with Gasteiger partial charge in [-0.05, 0) is 61.4 Å². The number of aliphatic carboxylic acids is 1. The molecule has 1 aromatic heterocycles. The minimum Gasteiger partial charge on any atom is -0.481 e. The number of anilines is 1. The highest BCUT2D eigenvalue weighted by molar-refractivity contribution is 5.99.